The van der Waals surface area contributed by atoms with Gasteiger partial charge in [0.25, 0.3) is 5.66 Å². The number of benzene rings is 1. The highest BCUT2D eigenvalue weighted by Gasteiger charge is 2.37. The molecule has 0 fully saturated rings. The van der Waals surface area contributed by atoms with Crippen molar-refractivity contribution in [3.63, 3.8) is 0 Å². The predicted octanol–water partition coefficient (Wildman–Crippen LogP) is 2.07. The van der Waals surface area contributed by atoms with Crippen LogP contribution in [0.1, 0.15) is 5.56 Å². The van der Waals surface area contributed by atoms with Crippen molar-refractivity contribution in [3.05, 3.63) is 33.3 Å². The maximum absolute atomic E-state index is 13.1. The molecule has 0 unspecified atom stereocenters. The van der Waals surface area contributed by atoms with Crippen molar-refractivity contribution in [1.82, 2.24) is 0 Å². The third-order valence-corrected chi connectivity index (χ3v) is 3.42. The first-order chi connectivity index (χ1) is 6.66. The smallest absolute Gasteiger partial charge is 0.297 e. The van der Waals surface area contributed by atoms with Crippen LogP contribution in [0.15, 0.2) is 22.7 Å². The van der Waals surface area contributed by atoms with Gasteiger partial charge in [0, 0.05) is 22.7 Å². The Hall–Kier alpha value is -0.0000000000000000555. The van der Waals surface area contributed by atoms with Gasteiger partial charge in [0.1, 0.15) is 0 Å². The molecule has 0 aliphatic carbocycles. The zero-order chi connectivity index (χ0) is 11.9. The lowest BCUT2D eigenvalue weighted by Crippen LogP contribution is -2.30. The van der Waals surface area contributed by atoms with E-state index in [2.05, 4.69) is 15.9 Å². The van der Waals surface area contributed by atoms with E-state index in [1.807, 2.05) is 0 Å². The zero-order valence-corrected chi connectivity index (χ0v) is 10.2. The van der Waals surface area contributed by atoms with Crippen LogP contribution in [0.4, 0.5) is 8.78 Å². The molecule has 1 aromatic rings. The maximum Gasteiger partial charge on any atom is 0.297 e. The van der Waals surface area contributed by atoms with Crippen molar-refractivity contribution in [1.29, 1.82) is 0 Å². The van der Waals surface area contributed by atoms with Gasteiger partial charge in [0.05, 0.1) is 0 Å². The molecule has 1 rings (SSSR count). The van der Waals surface area contributed by atoms with Gasteiger partial charge < -0.3 is 14.4 Å². The summed E-state index contributed by atoms with van der Waals surface area (Å²) in [6.45, 7) is 0. The van der Waals surface area contributed by atoms with Crippen molar-refractivity contribution >= 4 is 35.1 Å². The molecule has 0 spiro atoms. The topological polar surface area (TPSA) is 63.2 Å². The minimum atomic E-state index is -6.04. The average Bonchev–Trinajstić information content (AvgIpc) is 2.00. The second-order valence-electron chi connectivity index (χ2n) is 2.66. The highest BCUT2D eigenvalue weighted by molar-refractivity contribution is 9.10. The van der Waals surface area contributed by atoms with E-state index in [4.69, 9.17) is 11.6 Å². The van der Waals surface area contributed by atoms with Crippen LogP contribution >= 0.6 is 35.1 Å². The number of hydrogen-bond donors (Lipinski definition) is 0. The Balaban J connectivity index is 3.34. The van der Waals surface area contributed by atoms with Crippen molar-refractivity contribution in [2.24, 2.45) is 0 Å². The standard InChI is InChI=1S/C7H5BrClF2O3P/c8-6-3-4(9)1-2-5(6)7(10,11)15(12,13)14/h1-3H,(H2,12,13,14)/p-2. The Bertz CT molecular complexity index is 434. The number of halogens is 4. The van der Waals surface area contributed by atoms with Gasteiger partial charge in [-0.1, -0.05) is 33.6 Å². The Morgan fingerprint density at radius 1 is 1.40 bits per heavy atom. The number of hydrogen-bond acceptors (Lipinski definition) is 3. The molecule has 0 aliphatic heterocycles. The van der Waals surface area contributed by atoms with Crippen molar-refractivity contribution in [2.75, 3.05) is 0 Å². The van der Waals surface area contributed by atoms with Crippen LogP contribution < -0.4 is 9.79 Å². The van der Waals surface area contributed by atoms with Gasteiger partial charge in [-0.05, 0) is 12.1 Å². The fourth-order valence-electron chi connectivity index (χ4n) is 0.881. The summed E-state index contributed by atoms with van der Waals surface area (Å²) in [4.78, 5) is 20.7. The summed E-state index contributed by atoms with van der Waals surface area (Å²) in [5.74, 6) is 0. The molecule has 0 saturated heterocycles. The van der Waals surface area contributed by atoms with E-state index in [-0.39, 0.29) is 9.50 Å². The summed E-state index contributed by atoms with van der Waals surface area (Å²) in [7, 11) is -6.04. The van der Waals surface area contributed by atoms with Crippen LogP contribution in [0.25, 0.3) is 0 Å². The lowest BCUT2D eigenvalue weighted by Gasteiger charge is -2.38. The van der Waals surface area contributed by atoms with E-state index in [1.54, 1.807) is 0 Å². The van der Waals surface area contributed by atoms with Crippen molar-refractivity contribution in [3.8, 4) is 0 Å². The maximum atomic E-state index is 13.1. The lowest BCUT2D eigenvalue weighted by atomic mass is 10.2. The predicted molar refractivity (Wildman–Crippen MR) is 50.7 cm³/mol. The molecule has 0 bridgehead atoms. The van der Waals surface area contributed by atoms with E-state index in [0.29, 0.717) is 0 Å². The number of rotatable bonds is 2. The van der Waals surface area contributed by atoms with Gasteiger partial charge in [0.2, 0.25) is 0 Å². The molecule has 0 aliphatic rings. The van der Waals surface area contributed by atoms with Crippen LogP contribution in [0.2, 0.25) is 5.02 Å². The fourth-order valence-corrected chi connectivity index (χ4v) is 2.46. The van der Waals surface area contributed by atoms with Gasteiger partial charge >= 0.3 is 0 Å². The minimum Gasteiger partial charge on any atom is -0.806 e. The van der Waals surface area contributed by atoms with Crippen LogP contribution in [0.3, 0.4) is 0 Å². The van der Waals surface area contributed by atoms with Gasteiger partial charge in [0.15, 0.2) is 0 Å². The summed E-state index contributed by atoms with van der Waals surface area (Å²) >= 11 is 8.19. The SMILES string of the molecule is O=P([O-])([O-])C(F)(F)c1ccc(Cl)cc1Br. The Labute approximate surface area is 97.3 Å². The molecule has 15 heavy (non-hydrogen) atoms. The van der Waals surface area contributed by atoms with Crippen LogP contribution in [0, 0.1) is 0 Å². The molecule has 1 aromatic carbocycles. The molecule has 0 heterocycles. The highest BCUT2D eigenvalue weighted by atomic mass is 79.9. The summed E-state index contributed by atoms with van der Waals surface area (Å²) < 4.78 is 36.3. The van der Waals surface area contributed by atoms with E-state index in [9.17, 15) is 23.1 Å². The molecule has 8 heteroatoms. The largest absolute Gasteiger partial charge is 0.806 e. The molecule has 0 radical (unpaired) electrons. The number of alkyl halides is 2. The first-order valence-corrected chi connectivity index (χ1v) is 6.23. The first kappa shape index (κ1) is 13.1. The van der Waals surface area contributed by atoms with Gasteiger partial charge in [-0.2, -0.15) is 8.78 Å². The molecule has 3 nitrogen and oxygen atoms in total. The first-order valence-electron chi connectivity index (χ1n) is 3.52. The van der Waals surface area contributed by atoms with Crippen LogP contribution in [-0.4, -0.2) is 0 Å². The van der Waals surface area contributed by atoms with Crippen LogP contribution in [-0.2, 0) is 10.2 Å². The van der Waals surface area contributed by atoms with Crippen LogP contribution in [0.5, 0.6) is 0 Å². The van der Waals surface area contributed by atoms with Gasteiger partial charge in [-0.25, -0.2) is 0 Å². The van der Waals surface area contributed by atoms with Gasteiger partial charge in [-0.3, -0.25) is 0 Å². The summed E-state index contributed by atoms with van der Waals surface area (Å²) in [6.07, 6.45) is 0. The molecule has 0 N–H and O–H groups in total. The second-order valence-corrected chi connectivity index (χ2v) is 5.51. The zero-order valence-electron chi connectivity index (χ0n) is 6.92. The van der Waals surface area contributed by atoms with E-state index < -0.39 is 18.8 Å². The normalized spacial score (nSPS) is 12.9. The molecule has 84 valence electrons. The van der Waals surface area contributed by atoms with E-state index in [0.717, 1.165) is 18.2 Å². The molecular formula is C7H3BrClF2O3P-2. The third-order valence-electron chi connectivity index (χ3n) is 1.60. The summed E-state index contributed by atoms with van der Waals surface area (Å²) in [5.41, 5.74) is -5.36. The summed E-state index contributed by atoms with van der Waals surface area (Å²) in [5, 5.41) is 0.146. The highest BCUT2D eigenvalue weighted by Crippen LogP contribution is 2.54. The van der Waals surface area contributed by atoms with Crippen molar-refractivity contribution in [2.45, 2.75) is 5.66 Å². The second kappa shape index (κ2) is 4.11. The fraction of sp³-hybridized carbons (Fsp3) is 0.143. The van der Waals surface area contributed by atoms with Crippen molar-refractivity contribution < 1.29 is 23.1 Å². The monoisotopic (exact) mass is 318 g/mol. The van der Waals surface area contributed by atoms with Gasteiger partial charge in [-0.15, -0.1) is 0 Å². The Kier molecular flexibility index (Phi) is 3.58. The molecule has 0 amide bonds. The molecular weight excluding hydrogens is 316 g/mol. The lowest BCUT2D eigenvalue weighted by molar-refractivity contribution is -0.335. The Morgan fingerprint density at radius 3 is 2.33 bits per heavy atom. The van der Waals surface area contributed by atoms with E-state index >= 15 is 0 Å². The molecule has 0 atom stereocenters. The van der Waals surface area contributed by atoms with E-state index in [1.165, 1.54) is 0 Å². The Morgan fingerprint density at radius 2 is 1.93 bits per heavy atom. The third kappa shape index (κ3) is 2.57. The minimum absolute atomic E-state index is 0.146. The molecule has 0 aromatic heterocycles. The molecule has 0 saturated carbocycles. The quantitative estimate of drug-likeness (QED) is 0.784. The average molecular weight is 319 g/mol. The summed E-state index contributed by atoms with van der Waals surface area (Å²) in [6, 6.07) is 2.94.